The van der Waals surface area contributed by atoms with Gasteiger partial charge in [-0.1, -0.05) is 36.8 Å². The molecular weight excluding hydrogens is 412 g/mol. The van der Waals surface area contributed by atoms with Gasteiger partial charge in [-0.15, -0.1) is 0 Å². The monoisotopic (exact) mass is 448 g/mol. The second-order valence-electron chi connectivity index (χ2n) is 11.1. The summed E-state index contributed by atoms with van der Waals surface area (Å²) in [6.07, 6.45) is 9.26. The quantitative estimate of drug-likeness (QED) is 0.600. The van der Waals surface area contributed by atoms with Crippen molar-refractivity contribution in [1.29, 1.82) is 0 Å². The molecule has 0 aliphatic heterocycles. The highest BCUT2D eigenvalue weighted by molar-refractivity contribution is 5.94. The van der Waals surface area contributed by atoms with Gasteiger partial charge in [-0.05, 0) is 92.9 Å². The predicted octanol–water partition coefficient (Wildman–Crippen LogP) is 5.29. The molecule has 0 radical (unpaired) electrons. The van der Waals surface area contributed by atoms with E-state index in [0.717, 1.165) is 44.1 Å². The smallest absolute Gasteiger partial charge is 0.159 e. The predicted molar refractivity (Wildman–Crippen MR) is 128 cm³/mol. The fraction of sp³-hybridized carbons (Fsp3) is 0.586. The molecule has 0 aromatic heterocycles. The normalized spacial score (nSPS) is 35.6. The average Bonchev–Trinajstić information content (AvgIpc) is 3.07. The summed E-state index contributed by atoms with van der Waals surface area (Å²) in [5, 5.41) is 21.4. The van der Waals surface area contributed by atoms with Crippen molar-refractivity contribution in [3.8, 4) is 0 Å². The van der Waals surface area contributed by atoms with Crippen LogP contribution in [-0.2, 0) is 4.79 Å². The van der Waals surface area contributed by atoms with Crippen LogP contribution in [-0.4, -0.2) is 34.0 Å². The van der Waals surface area contributed by atoms with Crippen LogP contribution in [0.2, 0.25) is 0 Å². The number of aliphatic hydroxyl groups is 2. The van der Waals surface area contributed by atoms with E-state index in [9.17, 15) is 19.8 Å². The van der Waals surface area contributed by atoms with Gasteiger partial charge in [-0.3, -0.25) is 9.59 Å². The highest BCUT2D eigenvalue weighted by Gasteiger charge is 2.62. The molecule has 2 N–H and O–H groups in total. The summed E-state index contributed by atoms with van der Waals surface area (Å²) < 4.78 is 0. The molecule has 33 heavy (non-hydrogen) atoms. The number of carbonyl (C=O) groups excluding carboxylic acids is 2. The maximum Gasteiger partial charge on any atom is 0.159 e. The van der Waals surface area contributed by atoms with E-state index in [1.54, 1.807) is 6.92 Å². The van der Waals surface area contributed by atoms with Gasteiger partial charge in [0.15, 0.2) is 11.6 Å². The first-order valence-corrected chi connectivity index (χ1v) is 12.7. The van der Waals surface area contributed by atoms with Crippen molar-refractivity contribution in [2.45, 2.75) is 83.2 Å². The van der Waals surface area contributed by atoms with E-state index in [-0.39, 0.29) is 29.5 Å². The Bertz CT molecular complexity index is 1030. The van der Waals surface area contributed by atoms with Gasteiger partial charge in [0.25, 0.3) is 0 Å². The van der Waals surface area contributed by atoms with E-state index in [1.165, 1.54) is 22.3 Å². The SMILES string of the molecule is CC(=O)c1ccc([C@H]2C[C@@]3(C)[C@@H](CC[C@@]3(O)CCCO)[C@@H]3CCC4=CC(=O)CCC4=C32)cc1. The molecule has 0 bridgehead atoms. The minimum absolute atomic E-state index is 0.0694. The van der Waals surface area contributed by atoms with E-state index < -0.39 is 5.60 Å². The van der Waals surface area contributed by atoms with Crippen LogP contribution in [0, 0.1) is 17.3 Å². The maximum atomic E-state index is 12.2. The lowest BCUT2D eigenvalue weighted by molar-refractivity contribution is -0.114. The molecule has 2 saturated carbocycles. The van der Waals surface area contributed by atoms with E-state index in [0.29, 0.717) is 31.1 Å². The van der Waals surface area contributed by atoms with Crippen molar-refractivity contribution in [2.75, 3.05) is 6.61 Å². The van der Waals surface area contributed by atoms with Gasteiger partial charge in [0.05, 0.1) is 5.60 Å². The number of aliphatic hydroxyl groups excluding tert-OH is 1. The molecule has 4 aliphatic rings. The lowest BCUT2D eigenvalue weighted by Crippen LogP contribution is -2.51. The third kappa shape index (κ3) is 3.57. The number of carbonyl (C=O) groups is 2. The Morgan fingerprint density at radius 2 is 1.88 bits per heavy atom. The van der Waals surface area contributed by atoms with Gasteiger partial charge >= 0.3 is 0 Å². The molecule has 5 atom stereocenters. The van der Waals surface area contributed by atoms with E-state index in [2.05, 4.69) is 19.1 Å². The standard InChI is InChI=1S/C29H36O4/c1-18(31)19-4-6-20(7-5-19)25-17-28(2)26(12-14-29(28,33)13-3-15-30)24-10-8-21-16-22(32)9-11-23(21)27(24)25/h4-7,16,24-26,30,33H,3,8-15,17H2,1-2H3/t24-,25+,26-,28-,29-/m0/s1. The van der Waals surface area contributed by atoms with Gasteiger partial charge in [0.1, 0.15) is 0 Å². The number of hydrogen-bond acceptors (Lipinski definition) is 4. The molecule has 4 heteroatoms. The fourth-order valence-electron chi connectivity index (χ4n) is 7.79. The number of benzene rings is 1. The Morgan fingerprint density at radius 3 is 2.58 bits per heavy atom. The topological polar surface area (TPSA) is 74.6 Å². The van der Waals surface area contributed by atoms with Gasteiger partial charge in [0.2, 0.25) is 0 Å². The molecular formula is C29H36O4. The van der Waals surface area contributed by atoms with Crippen LogP contribution >= 0.6 is 0 Å². The van der Waals surface area contributed by atoms with Crippen molar-refractivity contribution in [2.24, 2.45) is 17.3 Å². The van der Waals surface area contributed by atoms with Gasteiger partial charge in [-0.25, -0.2) is 0 Å². The van der Waals surface area contributed by atoms with Gasteiger partial charge < -0.3 is 10.2 Å². The molecule has 5 rings (SSSR count). The Kier molecular flexibility index (Phi) is 5.73. The summed E-state index contributed by atoms with van der Waals surface area (Å²) in [4.78, 5) is 24.0. The first kappa shape index (κ1) is 22.7. The third-order valence-electron chi connectivity index (χ3n) is 9.52. The highest BCUT2D eigenvalue weighted by Crippen LogP contribution is 2.67. The molecule has 0 saturated heterocycles. The zero-order valence-corrected chi connectivity index (χ0v) is 19.9. The number of allylic oxidation sites excluding steroid dienone is 4. The van der Waals surface area contributed by atoms with Crippen LogP contribution in [0.5, 0.6) is 0 Å². The summed E-state index contributed by atoms with van der Waals surface area (Å²) in [6, 6.07) is 8.07. The molecule has 176 valence electrons. The molecule has 1 aromatic rings. The van der Waals surface area contributed by atoms with Crippen molar-refractivity contribution in [1.82, 2.24) is 0 Å². The number of rotatable bonds is 5. The summed E-state index contributed by atoms with van der Waals surface area (Å²) in [6.45, 7) is 4.00. The Balaban J connectivity index is 1.63. The first-order chi connectivity index (χ1) is 15.8. The molecule has 4 nitrogen and oxygen atoms in total. The number of hydrogen-bond donors (Lipinski definition) is 2. The molecule has 4 aliphatic carbocycles. The lowest BCUT2D eigenvalue weighted by Gasteiger charge is -2.55. The minimum Gasteiger partial charge on any atom is -0.396 e. The van der Waals surface area contributed by atoms with Crippen LogP contribution in [0.1, 0.15) is 93.5 Å². The fourth-order valence-corrected chi connectivity index (χ4v) is 7.79. The summed E-state index contributed by atoms with van der Waals surface area (Å²) >= 11 is 0. The van der Waals surface area contributed by atoms with Crippen LogP contribution in [0.3, 0.4) is 0 Å². The largest absolute Gasteiger partial charge is 0.396 e. The van der Waals surface area contributed by atoms with Gasteiger partial charge in [0, 0.05) is 29.9 Å². The van der Waals surface area contributed by atoms with Crippen LogP contribution in [0.15, 0.2) is 47.1 Å². The molecule has 0 amide bonds. The Labute approximate surface area is 196 Å². The second kappa shape index (κ2) is 8.32. The molecule has 1 aromatic carbocycles. The van der Waals surface area contributed by atoms with Crippen LogP contribution in [0.25, 0.3) is 0 Å². The highest BCUT2D eigenvalue weighted by atomic mass is 16.3. The number of Topliss-reactive ketones (excluding diaryl/α,β-unsaturated/α-hetero) is 1. The summed E-state index contributed by atoms with van der Waals surface area (Å²) in [7, 11) is 0. The zero-order valence-electron chi connectivity index (χ0n) is 19.9. The molecule has 0 unspecified atom stereocenters. The second-order valence-corrected chi connectivity index (χ2v) is 11.1. The molecule has 0 spiro atoms. The summed E-state index contributed by atoms with van der Waals surface area (Å²) in [5.41, 5.74) is 5.10. The third-order valence-corrected chi connectivity index (χ3v) is 9.52. The van der Waals surface area contributed by atoms with Crippen molar-refractivity contribution < 1.29 is 19.8 Å². The number of ketones is 2. The zero-order chi connectivity index (χ0) is 23.4. The van der Waals surface area contributed by atoms with Crippen LogP contribution in [0.4, 0.5) is 0 Å². The molecule has 0 heterocycles. The van der Waals surface area contributed by atoms with Crippen molar-refractivity contribution in [3.63, 3.8) is 0 Å². The Hall–Kier alpha value is -2.04. The first-order valence-electron chi connectivity index (χ1n) is 12.7. The van der Waals surface area contributed by atoms with Gasteiger partial charge in [-0.2, -0.15) is 0 Å². The van der Waals surface area contributed by atoms with E-state index in [1.807, 2.05) is 18.2 Å². The number of fused-ring (bicyclic) bond motifs is 4. The summed E-state index contributed by atoms with van der Waals surface area (Å²) in [5.74, 6) is 1.35. The minimum atomic E-state index is -0.757. The maximum absolute atomic E-state index is 12.2. The Morgan fingerprint density at radius 1 is 1.12 bits per heavy atom. The molecule has 2 fully saturated rings. The van der Waals surface area contributed by atoms with Crippen molar-refractivity contribution in [3.05, 3.63) is 58.2 Å². The van der Waals surface area contributed by atoms with E-state index in [4.69, 9.17) is 0 Å². The lowest BCUT2D eigenvalue weighted by atomic mass is 9.51. The van der Waals surface area contributed by atoms with E-state index >= 15 is 0 Å². The van der Waals surface area contributed by atoms with Crippen LogP contribution < -0.4 is 0 Å². The average molecular weight is 449 g/mol. The van der Waals surface area contributed by atoms with Crippen molar-refractivity contribution >= 4 is 11.6 Å².